The predicted octanol–water partition coefficient (Wildman–Crippen LogP) is 4.80. The first-order valence-electron chi connectivity index (χ1n) is 14.8. The molecule has 0 aromatic heterocycles. The van der Waals surface area contributed by atoms with Crippen LogP contribution in [0.1, 0.15) is 68.0 Å². The molecular weight excluding hydrogens is 605 g/mol. The van der Waals surface area contributed by atoms with E-state index in [1.54, 1.807) is 53.4 Å². The van der Waals surface area contributed by atoms with E-state index < -0.39 is 54.6 Å². The average molecular weight is 640 g/mol. The normalized spacial score (nSPS) is 16.1. The number of anilines is 1. The zero-order valence-electron chi connectivity index (χ0n) is 26.2. The van der Waals surface area contributed by atoms with Crippen LogP contribution in [-0.4, -0.2) is 47.7 Å². The minimum Gasteiger partial charge on any atom is -0.462 e. The van der Waals surface area contributed by atoms with E-state index in [2.05, 4.69) is 17.8 Å². The third-order valence-corrected chi connectivity index (χ3v) is 7.54. The maximum atomic E-state index is 13.6. The number of carbonyl (C=O) groups excluding carboxylic acids is 4. The van der Waals surface area contributed by atoms with Crippen LogP contribution in [0.15, 0.2) is 72.8 Å². The first-order chi connectivity index (χ1) is 22.4. The van der Waals surface area contributed by atoms with Gasteiger partial charge in [0.1, 0.15) is 25.1 Å². The van der Waals surface area contributed by atoms with Gasteiger partial charge in [0.25, 0.3) is 0 Å². The van der Waals surface area contributed by atoms with Crippen LogP contribution in [0.25, 0.3) is 0 Å². The second kappa shape index (κ2) is 15.2. The third-order valence-electron chi connectivity index (χ3n) is 7.54. The lowest BCUT2D eigenvalue weighted by molar-refractivity contribution is -0.154. The van der Waals surface area contributed by atoms with Gasteiger partial charge in [-0.2, -0.15) is 0 Å². The Labute approximate surface area is 272 Å². The van der Waals surface area contributed by atoms with Crippen molar-refractivity contribution in [3.63, 3.8) is 0 Å². The van der Waals surface area contributed by atoms with Gasteiger partial charge >= 0.3 is 17.9 Å². The summed E-state index contributed by atoms with van der Waals surface area (Å²) < 4.78 is 28.9. The van der Waals surface area contributed by atoms with E-state index in [1.165, 1.54) is 32.9 Å². The first-order valence-corrected chi connectivity index (χ1v) is 14.8. The van der Waals surface area contributed by atoms with E-state index in [4.69, 9.17) is 20.6 Å². The number of carbonyl (C=O) groups is 4. The van der Waals surface area contributed by atoms with Gasteiger partial charge in [0.15, 0.2) is 5.60 Å². The maximum absolute atomic E-state index is 13.6. The molecule has 3 aromatic rings. The molecule has 242 valence electrons. The lowest BCUT2D eigenvalue weighted by Gasteiger charge is -2.48. The van der Waals surface area contributed by atoms with Crippen LogP contribution in [0.5, 0.6) is 0 Å². The molecule has 0 radical (unpaired) electrons. The lowest BCUT2D eigenvalue weighted by Crippen LogP contribution is -2.55. The summed E-state index contributed by atoms with van der Waals surface area (Å²) in [6, 6.07) is 19.5. The van der Waals surface area contributed by atoms with Gasteiger partial charge in [-0.1, -0.05) is 42.0 Å². The highest BCUT2D eigenvalue weighted by atomic mass is 19.1. The van der Waals surface area contributed by atoms with Gasteiger partial charge in [0, 0.05) is 37.6 Å². The zero-order chi connectivity index (χ0) is 34.1. The highest BCUT2D eigenvalue weighted by molar-refractivity contribution is 6.03. The van der Waals surface area contributed by atoms with Gasteiger partial charge in [-0.3, -0.25) is 19.2 Å². The van der Waals surface area contributed by atoms with E-state index in [0.717, 1.165) is 5.56 Å². The van der Waals surface area contributed by atoms with Crippen molar-refractivity contribution in [2.45, 2.75) is 51.4 Å². The van der Waals surface area contributed by atoms with E-state index >= 15 is 0 Å². The van der Waals surface area contributed by atoms with Gasteiger partial charge < -0.3 is 24.2 Å². The zero-order valence-corrected chi connectivity index (χ0v) is 26.2. The number of ether oxygens (including phenoxy) is 3. The molecular formula is C37H34FNO8. The first kappa shape index (κ1) is 34.4. The van der Waals surface area contributed by atoms with Crippen molar-refractivity contribution in [2.24, 2.45) is 5.92 Å². The molecule has 1 N–H and O–H groups in total. The summed E-state index contributed by atoms with van der Waals surface area (Å²) >= 11 is 0. The fourth-order valence-electron chi connectivity index (χ4n) is 5.23. The molecule has 0 saturated carbocycles. The van der Waals surface area contributed by atoms with Crippen LogP contribution in [0.3, 0.4) is 0 Å². The van der Waals surface area contributed by atoms with Crippen molar-refractivity contribution in [2.75, 3.05) is 18.1 Å². The van der Waals surface area contributed by atoms with E-state index in [9.17, 15) is 28.7 Å². The van der Waals surface area contributed by atoms with Crippen LogP contribution in [0.2, 0.25) is 0 Å². The molecule has 1 saturated heterocycles. The topological polar surface area (TPSA) is 119 Å². The molecule has 9 nitrogen and oxygen atoms in total. The Morgan fingerprint density at radius 1 is 0.894 bits per heavy atom. The van der Waals surface area contributed by atoms with Crippen molar-refractivity contribution >= 4 is 29.5 Å². The number of amides is 1. The Hall–Kier alpha value is -5.45. The van der Waals surface area contributed by atoms with E-state index in [0.29, 0.717) is 35.2 Å². The highest BCUT2D eigenvalue weighted by Crippen LogP contribution is 2.46. The number of aliphatic hydroxyl groups is 1. The van der Waals surface area contributed by atoms with Crippen LogP contribution in [0.4, 0.5) is 10.1 Å². The molecule has 1 aliphatic heterocycles. The summed E-state index contributed by atoms with van der Waals surface area (Å²) in [5.41, 5.74) is 1.35. The number of esters is 3. The number of β-lactam (4-membered cyclic amide) rings is 1. The minimum atomic E-state index is -1.92. The van der Waals surface area contributed by atoms with Crippen LogP contribution in [0, 0.1) is 35.9 Å². The largest absolute Gasteiger partial charge is 0.462 e. The van der Waals surface area contributed by atoms with Crippen LogP contribution < -0.4 is 4.90 Å². The highest BCUT2D eigenvalue weighted by Gasteiger charge is 2.48. The molecule has 4 rings (SSSR count). The molecule has 1 heterocycles. The standard InChI is InChI=1S/C37H34FNO8/c1-5-27-8-16-32(17-9-27)39-35(33(36(39)43)18-19-34(47-26(4)42)29-12-14-31(38)15-13-29)30-10-6-28(7-11-30)20-21-37(44,22-45-24(2)40)23-46-25(3)41/h1,6-17,33-35,44H,18-19,22-23H2,2-4H3/t33-,34?,35-/m1/s1. The number of hydrogen-bond acceptors (Lipinski definition) is 8. The summed E-state index contributed by atoms with van der Waals surface area (Å²) in [5, 5.41) is 10.8. The molecule has 3 atom stereocenters. The summed E-state index contributed by atoms with van der Waals surface area (Å²) in [7, 11) is 0. The number of terminal acetylenes is 1. The quantitative estimate of drug-likeness (QED) is 0.138. The predicted molar refractivity (Wildman–Crippen MR) is 170 cm³/mol. The Bertz CT molecular complexity index is 1700. The summed E-state index contributed by atoms with van der Waals surface area (Å²) in [5.74, 6) is 5.30. The monoisotopic (exact) mass is 639 g/mol. The lowest BCUT2D eigenvalue weighted by atomic mass is 9.78. The second-order valence-electron chi connectivity index (χ2n) is 11.1. The van der Waals surface area contributed by atoms with Gasteiger partial charge in [0.05, 0.1) is 12.0 Å². The van der Waals surface area contributed by atoms with Crippen molar-refractivity contribution in [1.82, 2.24) is 0 Å². The van der Waals surface area contributed by atoms with Crippen molar-refractivity contribution in [3.8, 4) is 24.2 Å². The number of benzene rings is 3. The summed E-state index contributed by atoms with van der Waals surface area (Å²) in [4.78, 5) is 49.8. The van der Waals surface area contributed by atoms with E-state index in [-0.39, 0.29) is 11.9 Å². The SMILES string of the molecule is C#Cc1ccc(N2C(=O)[C@H](CCC(OC(C)=O)c3ccc(F)cc3)[C@H]2c2ccc(C#CC(O)(COC(C)=O)COC(C)=O)cc2)cc1. The van der Waals surface area contributed by atoms with Gasteiger partial charge in [-0.15, -0.1) is 6.42 Å². The van der Waals surface area contributed by atoms with Crippen molar-refractivity contribution < 1.29 is 42.9 Å². The maximum Gasteiger partial charge on any atom is 0.303 e. The Balaban J connectivity index is 1.60. The molecule has 0 bridgehead atoms. The van der Waals surface area contributed by atoms with Gasteiger partial charge in [0.2, 0.25) is 5.91 Å². The Morgan fingerprint density at radius 3 is 2.00 bits per heavy atom. The summed E-state index contributed by atoms with van der Waals surface area (Å²) in [6.45, 7) is 2.68. The molecule has 47 heavy (non-hydrogen) atoms. The number of hydrogen-bond donors (Lipinski definition) is 1. The van der Waals surface area contributed by atoms with Gasteiger partial charge in [-0.25, -0.2) is 4.39 Å². The third kappa shape index (κ3) is 9.06. The molecule has 10 heteroatoms. The van der Waals surface area contributed by atoms with Crippen molar-refractivity contribution in [3.05, 3.63) is 101 Å². The van der Waals surface area contributed by atoms with Crippen molar-refractivity contribution in [1.29, 1.82) is 0 Å². The molecule has 1 amide bonds. The molecule has 1 fully saturated rings. The molecule has 3 aromatic carbocycles. The summed E-state index contributed by atoms with van der Waals surface area (Å²) in [6.07, 6.45) is 5.55. The van der Waals surface area contributed by atoms with Crippen LogP contribution >= 0.6 is 0 Å². The molecule has 1 unspecified atom stereocenters. The fourth-order valence-corrected chi connectivity index (χ4v) is 5.23. The number of halogens is 1. The fraction of sp³-hybridized carbons (Fsp3) is 0.297. The number of rotatable bonds is 11. The second-order valence-corrected chi connectivity index (χ2v) is 11.1. The average Bonchev–Trinajstić information content (AvgIpc) is 3.05. The molecule has 0 spiro atoms. The van der Waals surface area contributed by atoms with E-state index in [1.807, 2.05) is 12.1 Å². The Kier molecular flexibility index (Phi) is 11.1. The Morgan fingerprint density at radius 2 is 1.47 bits per heavy atom. The number of nitrogens with zero attached hydrogens (tertiary/aromatic N) is 1. The minimum absolute atomic E-state index is 0.117. The molecule has 0 aliphatic carbocycles. The van der Waals surface area contributed by atoms with Crippen LogP contribution in [-0.2, 0) is 33.4 Å². The molecule has 1 aliphatic rings. The smallest absolute Gasteiger partial charge is 0.303 e. The van der Waals surface area contributed by atoms with Gasteiger partial charge in [-0.05, 0) is 72.5 Å².